The molecule has 0 spiro atoms. The number of ether oxygens (including phenoxy) is 1. The van der Waals surface area contributed by atoms with Gasteiger partial charge in [0, 0.05) is 10.6 Å². The van der Waals surface area contributed by atoms with Crippen molar-refractivity contribution in [2.45, 2.75) is 12.5 Å². The van der Waals surface area contributed by atoms with E-state index in [4.69, 9.17) is 39.5 Å². The van der Waals surface area contributed by atoms with Crippen molar-refractivity contribution in [1.29, 1.82) is 0 Å². The first kappa shape index (κ1) is 20.5. The van der Waals surface area contributed by atoms with E-state index in [1.807, 2.05) is 0 Å². The van der Waals surface area contributed by atoms with E-state index in [9.17, 15) is 9.59 Å². The average Bonchev–Trinajstić information content (AvgIpc) is 3.18. The zero-order valence-corrected chi connectivity index (χ0v) is 17.5. The summed E-state index contributed by atoms with van der Waals surface area (Å²) in [6.45, 7) is -0.291. The van der Waals surface area contributed by atoms with Crippen molar-refractivity contribution in [3.8, 4) is 5.75 Å². The Kier molecular flexibility index (Phi) is 5.80. The second-order valence-corrected chi connectivity index (χ2v) is 7.64. The Hall–Kier alpha value is -2.81. The standard InChI is InChI=1S/C19H14Cl3N5O3/c20-10-4-5-15(30-8-17(29)25-13-3-1-2-12(21)18(13)22)11(6-10)14-7-16(28)26-19-23-9-24-27(14)19/h1-6,9,14H,7-8H2,(H,25,29)(H,23,24,26,28)/t14-/m1/s1. The monoisotopic (exact) mass is 465 g/mol. The summed E-state index contributed by atoms with van der Waals surface area (Å²) in [6.07, 6.45) is 1.47. The highest BCUT2D eigenvalue weighted by Crippen LogP contribution is 2.36. The normalized spacial score (nSPS) is 15.3. The fourth-order valence-electron chi connectivity index (χ4n) is 3.09. The van der Waals surface area contributed by atoms with Crippen molar-refractivity contribution in [3.63, 3.8) is 0 Å². The van der Waals surface area contributed by atoms with Gasteiger partial charge in [-0.1, -0.05) is 40.9 Å². The second kappa shape index (κ2) is 8.51. The van der Waals surface area contributed by atoms with Crippen LogP contribution in [0.1, 0.15) is 18.0 Å². The van der Waals surface area contributed by atoms with Gasteiger partial charge in [0.2, 0.25) is 11.9 Å². The second-order valence-electron chi connectivity index (χ2n) is 6.42. The van der Waals surface area contributed by atoms with Gasteiger partial charge in [-0.15, -0.1) is 0 Å². The van der Waals surface area contributed by atoms with Crippen LogP contribution in [0.4, 0.5) is 11.6 Å². The molecule has 2 aromatic carbocycles. The number of carbonyl (C=O) groups is 2. The highest BCUT2D eigenvalue weighted by Gasteiger charge is 2.30. The molecule has 4 rings (SSSR count). The Labute approximate surface area is 186 Å². The molecule has 0 fully saturated rings. The van der Waals surface area contributed by atoms with Crippen LogP contribution in [0.3, 0.4) is 0 Å². The number of aromatic nitrogens is 3. The van der Waals surface area contributed by atoms with E-state index in [0.717, 1.165) is 0 Å². The zero-order chi connectivity index (χ0) is 21.3. The highest BCUT2D eigenvalue weighted by molar-refractivity contribution is 6.44. The number of carbonyl (C=O) groups excluding carboxylic acids is 2. The molecule has 0 aliphatic carbocycles. The minimum atomic E-state index is -0.476. The maximum Gasteiger partial charge on any atom is 0.262 e. The summed E-state index contributed by atoms with van der Waals surface area (Å²) in [7, 11) is 0. The third-order valence-electron chi connectivity index (χ3n) is 4.41. The Morgan fingerprint density at radius 2 is 2.10 bits per heavy atom. The smallest absolute Gasteiger partial charge is 0.262 e. The summed E-state index contributed by atoms with van der Waals surface area (Å²) >= 11 is 18.2. The minimum absolute atomic E-state index is 0.122. The third kappa shape index (κ3) is 4.21. The average molecular weight is 467 g/mol. The first-order chi connectivity index (χ1) is 14.4. The third-order valence-corrected chi connectivity index (χ3v) is 5.47. The summed E-state index contributed by atoms with van der Waals surface area (Å²) in [6, 6.07) is 9.40. The maximum atomic E-state index is 12.4. The zero-order valence-electron chi connectivity index (χ0n) is 15.2. The van der Waals surface area contributed by atoms with Gasteiger partial charge in [-0.3, -0.25) is 14.9 Å². The first-order valence-corrected chi connectivity index (χ1v) is 9.91. The van der Waals surface area contributed by atoms with Crippen molar-refractivity contribution in [1.82, 2.24) is 14.8 Å². The molecular formula is C19H14Cl3N5O3. The predicted molar refractivity (Wildman–Crippen MR) is 113 cm³/mol. The number of fused-ring (bicyclic) bond motifs is 1. The van der Waals surface area contributed by atoms with Crippen LogP contribution in [-0.4, -0.2) is 33.2 Å². The summed E-state index contributed by atoms with van der Waals surface area (Å²) in [5.41, 5.74) is 0.989. The van der Waals surface area contributed by atoms with Crippen LogP contribution in [0, 0.1) is 0 Å². The lowest BCUT2D eigenvalue weighted by atomic mass is 10.0. The molecular weight excluding hydrogens is 453 g/mol. The Balaban J connectivity index is 1.54. The summed E-state index contributed by atoms with van der Waals surface area (Å²) < 4.78 is 7.31. The molecule has 8 nitrogen and oxygen atoms in total. The van der Waals surface area contributed by atoms with Crippen LogP contribution in [0.2, 0.25) is 15.1 Å². The van der Waals surface area contributed by atoms with Gasteiger partial charge in [0.25, 0.3) is 5.91 Å². The number of hydrogen-bond donors (Lipinski definition) is 2. The molecule has 2 amide bonds. The molecule has 0 unspecified atom stereocenters. The number of nitrogens with one attached hydrogen (secondary N) is 2. The molecule has 30 heavy (non-hydrogen) atoms. The number of benzene rings is 2. The maximum absolute atomic E-state index is 12.4. The molecule has 0 bridgehead atoms. The van der Waals surface area contributed by atoms with E-state index in [-0.39, 0.29) is 24.0 Å². The molecule has 2 N–H and O–H groups in total. The molecule has 0 radical (unpaired) electrons. The first-order valence-electron chi connectivity index (χ1n) is 8.78. The van der Waals surface area contributed by atoms with E-state index in [1.165, 1.54) is 6.33 Å². The number of nitrogens with zero attached hydrogens (tertiary/aromatic N) is 3. The van der Waals surface area contributed by atoms with E-state index >= 15 is 0 Å². The van der Waals surface area contributed by atoms with Gasteiger partial charge in [-0.2, -0.15) is 10.1 Å². The SMILES string of the molecule is O=C(COc1ccc(Cl)cc1[C@H]1CC(=O)Nc2ncnn21)Nc1cccc(Cl)c1Cl. The molecule has 1 aliphatic rings. The number of amides is 2. The van der Waals surface area contributed by atoms with Crippen molar-refractivity contribution >= 4 is 58.3 Å². The molecule has 0 saturated carbocycles. The van der Waals surface area contributed by atoms with E-state index in [1.54, 1.807) is 41.1 Å². The lowest BCUT2D eigenvalue weighted by Gasteiger charge is -2.25. The molecule has 154 valence electrons. The van der Waals surface area contributed by atoms with Gasteiger partial charge in [0.05, 0.1) is 28.2 Å². The van der Waals surface area contributed by atoms with Crippen LogP contribution >= 0.6 is 34.8 Å². The number of rotatable bonds is 5. The fraction of sp³-hybridized carbons (Fsp3) is 0.158. The van der Waals surface area contributed by atoms with Crippen LogP contribution in [0.15, 0.2) is 42.7 Å². The molecule has 1 aromatic heterocycles. The van der Waals surface area contributed by atoms with Gasteiger partial charge in [-0.05, 0) is 30.3 Å². The molecule has 1 atom stereocenters. The summed E-state index contributed by atoms with van der Waals surface area (Å²) in [4.78, 5) is 28.5. The van der Waals surface area contributed by atoms with Crippen LogP contribution in [0.25, 0.3) is 0 Å². The van der Waals surface area contributed by atoms with Gasteiger partial charge in [-0.25, -0.2) is 4.68 Å². The van der Waals surface area contributed by atoms with Gasteiger partial charge in [0.1, 0.15) is 12.1 Å². The largest absolute Gasteiger partial charge is 0.483 e. The summed E-state index contributed by atoms with van der Waals surface area (Å²) in [5.74, 6) is 0.0890. The Morgan fingerprint density at radius 3 is 2.93 bits per heavy atom. The fourth-order valence-corrected chi connectivity index (χ4v) is 3.62. The summed E-state index contributed by atoms with van der Waals surface area (Å²) in [5, 5.41) is 10.5. The lowest BCUT2D eigenvalue weighted by Crippen LogP contribution is -2.30. The molecule has 11 heteroatoms. The van der Waals surface area contributed by atoms with E-state index < -0.39 is 11.9 Å². The van der Waals surface area contributed by atoms with Crippen LogP contribution < -0.4 is 15.4 Å². The van der Waals surface area contributed by atoms with Crippen molar-refractivity contribution in [3.05, 3.63) is 63.4 Å². The van der Waals surface area contributed by atoms with E-state index in [2.05, 4.69) is 20.7 Å². The minimum Gasteiger partial charge on any atom is -0.483 e. The molecule has 1 aliphatic heterocycles. The van der Waals surface area contributed by atoms with Crippen LogP contribution in [-0.2, 0) is 9.59 Å². The van der Waals surface area contributed by atoms with Gasteiger partial charge in [0.15, 0.2) is 6.61 Å². The number of hydrogen-bond acceptors (Lipinski definition) is 5. The molecule has 2 heterocycles. The Bertz CT molecular complexity index is 1130. The molecule has 3 aromatic rings. The topological polar surface area (TPSA) is 98.1 Å². The lowest BCUT2D eigenvalue weighted by molar-refractivity contribution is -0.118. The number of halogens is 3. The van der Waals surface area contributed by atoms with E-state index in [0.29, 0.717) is 33.0 Å². The Morgan fingerprint density at radius 1 is 1.27 bits per heavy atom. The van der Waals surface area contributed by atoms with Gasteiger partial charge < -0.3 is 10.1 Å². The van der Waals surface area contributed by atoms with Gasteiger partial charge >= 0.3 is 0 Å². The van der Waals surface area contributed by atoms with Crippen molar-refractivity contribution < 1.29 is 14.3 Å². The predicted octanol–water partition coefficient (Wildman–Crippen LogP) is 4.19. The molecule has 0 saturated heterocycles. The van der Waals surface area contributed by atoms with Crippen LogP contribution in [0.5, 0.6) is 5.75 Å². The highest BCUT2D eigenvalue weighted by atomic mass is 35.5. The van der Waals surface area contributed by atoms with Crippen molar-refractivity contribution in [2.75, 3.05) is 17.2 Å². The van der Waals surface area contributed by atoms with Crippen molar-refractivity contribution in [2.24, 2.45) is 0 Å². The quantitative estimate of drug-likeness (QED) is 0.587. The number of anilines is 2.